The van der Waals surface area contributed by atoms with Crippen molar-refractivity contribution in [3.8, 4) is 11.5 Å². The molecular weight excluding hydrogens is 316 g/mol. The van der Waals surface area contributed by atoms with Gasteiger partial charge in [-0.25, -0.2) is 0 Å². The van der Waals surface area contributed by atoms with Crippen molar-refractivity contribution in [2.45, 2.75) is 26.4 Å². The highest BCUT2D eigenvalue weighted by atomic mass is 19.3. The Morgan fingerprint density at radius 3 is 2.42 bits per heavy atom. The van der Waals surface area contributed by atoms with Crippen LogP contribution in [0.2, 0.25) is 0 Å². The monoisotopic (exact) mass is 335 g/mol. The van der Waals surface area contributed by atoms with E-state index in [-0.39, 0.29) is 18.3 Å². The Bertz CT molecular complexity index is 672. The Kier molecular flexibility index (Phi) is 6.12. The number of carbonyl (C=O) groups is 1. The molecule has 0 unspecified atom stereocenters. The first kappa shape index (κ1) is 17.7. The molecule has 0 fully saturated rings. The van der Waals surface area contributed by atoms with Crippen LogP contribution in [0.1, 0.15) is 25.3 Å². The van der Waals surface area contributed by atoms with Crippen LogP contribution in [0.3, 0.4) is 0 Å². The van der Waals surface area contributed by atoms with Crippen LogP contribution in [0.4, 0.5) is 14.5 Å². The van der Waals surface area contributed by atoms with Crippen molar-refractivity contribution in [1.82, 2.24) is 0 Å². The van der Waals surface area contributed by atoms with Gasteiger partial charge in [-0.2, -0.15) is 8.78 Å². The highest BCUT2D eigenvalue weighted by Crippen LogP contribution is 2.20. The van der Waals surface area contributed by atoms with E-state index in [0.717, 1.165) is 5.56 Å². The van der Waals surface area contributed by atoms with Crippen molar-refractivity contribution in [3.05, 3.63) is 54.1 Å². The maximum absolute atomic E-state index is 12.1. The molecule has 4 nitrogen and oxygen atoms in total. The average molecular weight is 335 g/mol. The third-order valence-corrected chi connectivity index (χ3v) is 3.26. The Labute approximate surface area is 139 Å². The molecule has 0 atom stereocenters. The first-order valence-electron chi connectivity index (χ1n) is 7.51. The predicted octanol–water partition coefficient (Wildman–Crippen LogP) is 4.43. The minimum absolute atomic E-state index is 0.0322. The summed E-state index contributed by atoms with van der Waals surface area (Å²) in [5, 5.41) is 2.62. The van der Waals surface area contributed by atoms with E-state index in [4.69, 9.17) is 4.74 Å². The highest BCUT2D eigenvalue weighted by molar-refractivity contribution is 5.91. The Morgan fingerprint density at radius 2 is 1.79 bits per heavy atom. The lowest BCUT2D eigenvalue weighted by Gasteiger charge is -2.10. The fourth-order valence-corrected chi connectivity index (χ4v) is 2.03. The SMILES string of the molecule is CC(C)c1cccc(OCC(=O)Nc2ccc(OC(F)F)cc2)c1. The first-order valence-corrected chi connectivity index (χ1v) is 7.51. The summed E-state index contributed by atoms with van der Waals surface area (Å²) >= 11 is 0. The van der Waals surface area contributed by atoms with Crippen LogP contribution in [0.25, 0.3) is 0 Å². The van der Waals surface area contributed by atoms with Crippen LogP contribution < -0.4 is 14.8 Å². The average Bonchev–Trinajstić information content (AvgIpc) is 2.54. The largest absolute Gasteiger partial charge is 0.484 e. The lowest BCUT2D eigenvalue weighted by atomic mass is 10.0. The topological polar surface area (TPSA) is 47.6 Å². The lowest BCUT2D eigenvalue weighted by molar-refractivity contribution is -0.118. The van der Waals surface area contributed by atoms with Crippen molar-refractivity contribution in [2.75, 3.05) is 11.9 Å². The van der Waals surface area contributed by atoms with E-state index in [1.807, 2.05) is 18.2 Å². The highest BCUT2D eigenvalue weighted by Gasteiger charge is 2.07. The van der Waals surface area contributed by atoms with E-state index >= 15 is 0 Å². The molecule has 2 aromatic rings. The number of halogens is 2. The molecule has 0 heterocycles. The number of carbonyl (C=O) groups excluding carboxylic acids is 1. The van der Waals surface area contributed by atoms with Crippen molar-refractivity contribution < 1.29 is 23.0 Å². The summed E-state index contributed by atoms with van der Waals surface area (Å²) in [6.45, 7) is 1.14. The van der Waals surface area contributed by atoms with E-state index in [0.29, 0.717) is 17.4 Å². The standard InChI is InChI=1S/C18H19F2NO3/c1-12(2)13-4-3-5-16(10-13)23-11-17(22)21-14-6-8-15(9-7-14)24-18(19)20/h3-10,12,18H,11H2,1-2H3,(H,21,22). The number of hydrogen-bond donors (Lipinski definition) is 1. The molecule has 128 valence electrons. The molecule has 0 saturated carbocycles. The molecule has 24 heavy (non-hydrogen) atoms. The molecule has 0 spiro atoms. The van der Waals surface area contributed by atoms with E-state index in [1.54, 1.807) is 6.07 Å². The van der Waals surface area contributed by atoms with Crippen molar-refractivity contribution in [3.63, 3.8) is 0 Å². The first-order chi connectivity index (χ1) is 11.4. The van der Waals surface area contributed by atoms with Gasteiger partial charge in [0.25, 0.3) is 5.91 Å². The van der Waals surface area contributed by atoms with Gasteiger partial charge in [0.15, 0.2) is 6.61 Å². The zero-order valence-corrected chi connectivity index (χ0v) is 13.5. The number of alkyl halides is 2. The molecule has 1 amide bonds. The number of hydrogen-bond acceptors (Lipinski definition) is 3. The van der Waals surface area contributed by atoms with Gasteiger partial charge in [-0.3, -0.25) is 4.79 Å². The van der Waals surface area contributed by atoms with E-state index in [2.05, 4.69) is 23.9 Å². The second-order valence-corrected chi connectivity index (χ2v) is 5.47. The molecule has 2 aromatic carbocycles. The zero-order chi connectivity index (χ0) is 17.5. The third-order valence-electron chi connectivity index (χ3n) is 3.26. The van der Waals surface area contributed by atoms with Gasteiger partial charge in [0.2, 0.25) is 0 Å². The van der Waals surface area contributed by atoms with Gasteiger partial charge in [-0.15, -0.1) is 0 Å². The number of amides is 1. The molecule has 6 heteroatoms. The van der Waals surface area contributed by atoms with Gasteiger partial charge < -0.3 is 14.8 Å². The van der Waals surface area contributed by atoms with Gasteiger partial charge >= 0.3 is 6.61 Å². The molecule has 0 radical (unpaired) electrons. The van der Waals surface area contributed by atoms with Crippen LogP contribution >= 0.6 is 0 Å². The van der Waals surface area contributed by atoms with Crippen LogP contribution in [-0.4, -0.2) is 19.1 Å². The Morgan fingerprint density at radius 1 is 1.08 bits per heavy atom. The van der Waals surface area contributed by atoms with Crippen molar-refractivity contribution in [1.29, 1.82) is 0 Å². The fraction of sp³-hybridized carbons (Fsp3) is 0.278. The van der Waals surface area contributed by atoms with Crippen molar-refractivity contribution >= 4 is 11.6 Å². The fourth-order valence-electron chi connectivity index (χ4n) is 2.03. The zero-order valence-electron chi connectivity index (χ0n) is 13.5. The summed E-state index contributed by atoms with van der Waals surface area (Å²) < 4.78 is 33.8. The summed E-state index contributed by atoms with van der Waals surface area (Å²) in [4.78, 5) is 11.9. The van der Waals surface area contributed by atoms with Gasteiger partial charge in [0.1, 0.15) is 11.5 Å². The number of benzene rings is 2. The van der Waals surface area contributed by atoms with E-state index < -0.39 is 6.61 Å². The molecule has 2 rings (SSSR count). The maximum atomic E-state index is 12.1. The van der Waals surface area contributed by atoms with Gasteiger partial charge in [0.05, 0.1) is 0 Å². The number of anilines is 1. The predicted molar refractivity (Wildman–Crippen MR) is 87.7 cm³/mol. The molecule has 0 bridgehead atoms. The maximum Gasteiger partial charge on any atom is 0.387 e. The summed E-state index contributed by atoms with van der Waals surface area (Å²) in [6.07, 6.45) is 0. The van der Waals surface area contributed by atoms with Crippen LogP contribution in [-0.2, 0) is 4.79 Å². The molecule has 1 N–H and O–H groups in total. The lowest BCUT2D eigenvalue weighted by Crippen LogP contribution is -2.20. The van der Waals surface area contributed by atoms with E-state index in [9.17, 15) is 13.6 Å². The van der Waals surface area contributed by atoms with E-state index in [1.165, 1.54) is 24.3 Å². The van der Waals surface area contributed by atoms with Gasteiger partial charge in [-0.05, 0) is 47.9 Å². The third kappa shape index (κ3) is 5.53. The molecule has 0 aromatic heterocycles. The number of rotatable bonds is 7. The molecular formula is C18H19F2NO3. The Hall–Kier alpha value is -2.63. The summed E-state index contributed by atoms with van der Waals surface area (Å²) in [5.74, 6) is 0.686. The summed E-state index contributed by atoms with van der Waals surface area (Å²) in [6, 6.07) is 13.2. The van der Waals surface area contributed by atoms with Crippen molar-refractivity contribution in [2.24, 2.45) is 0 Å². The quantitative estimate of drug-likeness (QED) is 0.814. The van der Waals surface area contributed by atoms with Gasteiger partial charge in [-0.1, -0.05) is 26.0 Å². The molecule has 0 aliphatic rings. The van der Waals surface area contributed by atoms with Crippen LogP contribution in [0, 0.1) is 0 Å². The molecule has 0 aliphatic heterocycles. The second-order valence-electron chi connectivity index (χ2n) is 5.47. The summed E-state index contributed by atoms with van der Waals surface area (Å²) in [7, 11) is 0. The van der Waals surface area contributed by atoms with Crippen LogP contribution in [0.5, 0.6) is 11.5 Å². The molecule has 0 aliphatic carbocycles. The second kappa shape index (κ2) is 8.29. The number of nitrogens with one attached hydrogen (secondary N) is 1. The Balaban J connectivity index is 1.86. The summed E-state index contributed by atoms with van der Waals surface area (Å²) in [5.41, 5.74) is 1.60. The minimum atomic E-state index is -2.87. The smallest absolute Gasteiger partial charge is 0.387 e. The number of ether oxygens (including phenoxy) is 2. The van der Waals surface area contributed by atoms with Gasteiger partial charge in [0, 0.05) is 5.69 Å². The minimum Gasteiger partial charge on any atom is -0.484 e. The normalized spacial score (nSPS) is 10.8. The van der Waals surface area contributed by atoms with Crippen LogP contribution in [0.15, 0.2) is 48.5 Å². The molecule has 0 saturated heterocycles.